The highest BCUT2D eigenvalue weighted by Gasteiger charge is 2.12. The molecule has 16 heavy (non-hydrogen) atoms. The maximum Gasteiger partial charge on any atom is 0.129 e. The number of hydrogen-bond acceptors (Lipinski definition) is 2. The van der Waals surface area contributed by atoms with Gasteiger partial charge in [-0.3, -0.25) is 0 Å². The van der Waals surface area contributed by atoms with E-state index in [9.17, 15) is 0 Å². The minimum absolute atomic E-state index is 0.313. The molecule has 0 saturated carbocycles. The van der Waals surface area contributed by atoms with Crippen LogP contribution >= 0.6 is 11.6 Å². The number of hydrogen-bond donors (Lipinski definition) is 1. The van der Waals surface area contributed by atoms with Gasteiger partial charge in [0, 0.05) is 18.3 Å². The Hall–Kier alpha value is -0.860. The van der Waals surface area contributed by atoms with Crippen LogP contribution in [-0.4, -0.2) is 11.0 Å². The first-order chi connectivity index (χ1) is 7.75. The number of halogens is 1. The Morgan fingerprint density at radius 2 is 2.44 bits per heavy atom. The van der Waals surface area contributed by atoms with Crippen molar-refractivity contribution in [2.75, 3.05) is 0 Å². The Kier molecular flexibility index (Phi) is 3.97. The van der Waals surface area contributed by atoms with Gasteiger partial charge in [-0.2, -0.15) is 0 Å². The first-order valence-electron chi connectivity index (χ1n) is 5.80. The van der Waals surface area contributed by atoms with Crippen LogP contribution in [0.25, 0.3) is 0 Å². The van der Waals surface area contributed by atoms with Crippen LogP contribution in [0.1, 0.15) is 37.8 Å². The van der Waals surface area contributed by atoms with Gasteiger partial charge in [0.25, 0.3) is 0 Å². The van der Waals surface area contributed by atoms with Gasteiger partial charge >= 0.3 is 0 Å². The molecule has 2 unspecified atom stereocenters. The Morgan fingerprint density at radius 3 is 3.12 bits per heavy atom. The fourth-order valence-corrected chi connectivity index (χ4v) is 2.24. The van der Waals surface area contributed by atoms with Crippen LogP contribution in [0, 0.1) is 0 Å². The number of pyridine rings is 1. The van der Waals surface area contributed by atoms with Gasteiger partial charge in [-0.25, -0.2) is 4.98 Å². The molecule has 1 aromatic heterocycles. The zero-order valence-corrected chi connectivity index (χ0v) is 10.2. The lowest BCUT2D eigenvalue weighted by atomic mass is 10.0. The van der Waals surface area contributed by atoms with E-state index in [-0.39, 0.29) is 0 Å². The van der Waals surface area contributed by atoms with Crippen molar-refractivity contribution in [1.29, 1.82) is 0 Å². The largest absolute Gasteiger partial charge is 0.304 e. The van der Waals surface area contributed by atoms with Gasteiger partial charge in [-0.1, -0.05) is 23.8 Å². The maximum absolute atomic E-state index is 5.88. The van der Waals surface area contributed by atoms with E-state index in [0.29, 0.717) is 17.2 Å². The molecule has 0 aliphatic heterocycles. The summed E-state index contributed by atoms with van der Waals surface area (Å²) >= 11 is 5.88. The molecule has 0 saturated heterocycles. The average Bonchev–Trinajstić information content (AvgIpc) is 2.30. The summed E-state index contributed by atoms with van der Waals surface area (Å²) in [5, 5.41) is 4.15. The lowest BCUT2D eigenvalue weighted by Gasteiger charge is -2.23. The molecule has 0 spiro atoms. The summed E-state index contributed by atoms with van der Waals surface area (Å²) in [6, 6.07) is 4.74. The van der Waals surface area contributed by atoms with E-state index in [1.807, 2.05) is 12.1 Å². The zero-order valence-electron chi connectivity index (χ0n) is 9.49. The van der Waals surface area contributed by atoms with Crippen molar-refractivity contribution in [1.82, 2.24) is 10.3 Å². The van der Waals surface area contributed by atoms with Crippen molar-refractivity contribution >= 4 is 11.6 Å². The molecule has 0 fully saturated rings. The molecule has 1 aromatic rings. The maximum atomic E-state index is 5.88. The lowest BCUT2D eigenvalue weighted by molar-refractivity contribution is 0.467. The van der Waals surface area contributed by atoms with Crippen molar-refractivity contribution in [2.45, 2.75) is 38.3 Å². The van der Waals surface area contributed by atoms with Crippen molar-refractivity contribution in [2.24, 2.45) is 0 Å². The Balaban J connectivity index is 1.99. The van der Waals surface area contributed by atoms with E-state index in [0.717, 1.165) is 0 Å². The molecule has 1 aliphatic rings. The summed E-state index contributed by atoms with van der Waals surface area (Å²) in [4.78, 5) is 3.99. The number of aromatic nitrogens is 1. The predicted octanol–water partition coefficient (Wildman–Crippen LogP) is 3.49. The molecular weight excluding hydrogens is 220 g/mol. The van der Waals surface area contributed by atoms with E-state index in [2.05, 4.69) is 29.4 Å². The SMILES string of the molecule is CC(NC1C=CCCC1)c1ccnc(Cl)c1. The van der Waals surface area contributed by atoms with Crippen LogP contribution in [0.5, 0.6) is 0 Å². The van der Waals surface area contributed by atoms with Crippen LogP contribution in [0.4, 0.5) is 0 Å². The number of nitrogens with zero attached hydrogens (tertiary/aromatic N) is 1. The van der Waals surface area contributed by atoms with E-state index in [4.69, 9.17) is 11.6 Å². The summed E-state index contributed by atoms with van der Waals surface area (Å²) in [6.45, 7) is 2.16. The second kappa shape index (κ2) is 5.46. The molecule has 2 atom stereocenters. The Bertz CT molecular complexity index is 376. The number of rotatable bonds is 3. The third-order valence-corrected chi connectivity index (χ3v) is 3.18. The third kappa shape index (κ3) is 3.06. The van der Waals surface area contributed by atoms with E-state index in [1.165, 1.54) is 24.8 Å². The highest BCUT2D eigenvalue weighted by Crippen LogP contribution is 2.18. The van der Waals surface area contributed by atoms with Gasteiger partial charge in [-0.05, 0) is 43.9 Å². The monoisotopic (exact) mass is 236 g/mol. The van der Waals surface area contributed by atoms with E-state index >= 15 is 0 Å². The van der Waals surface area contributed by atoms with Gasteiger partial charge < -0.3 is 5.32 Å². The van der Waals surface area contributed by atoms with Crippen molar-refractivity contribution in [3.8, 4) is 0 Å². The van der Waals surface area contributed by atoms with Crippen LogP contribution < -0.4 is 5.32 Å². The quantitative estimate of drug-likeness (QED) is 0.642. The second-order valence-electron chi connectivity index (χ2n) is 4.27. The first-order valence-corrected chi connectivity index (χ1v) is 6.17. The summed E-state index contributed by atoms with van der Waals surface area (Å²) < 4.78 is 0. The molecule has 0 bridgehead atoms. The van der Waals surface area contributed by atoms with E-state index in [1.54, 1.807) is 6.20 Å². The van der Waals surface area contributed by atoms with Gasteiger partial charge in [0.05, 0.1) is 0 Å². The topological polar surface area (TPSA) is 24.9 Å². The molecule has 2 rings (SSSR count). The van der Waals surface area contributed by atoms with Gasteiger partial charge in [0.1, 0.15) is 5.15 Å². The standard InChI is InChI=1S/C13H17ClN2/c1-10(11-7-8-15-13(14)9-11)16-12-5-3-2-4-6-12/h3,5,7-10,12,16H,2,4,6H2,1H3. The van der Waals surface area contributed by atoms with Crippen LogP contribution in [0.3, 0.4) is 0 Å². The van der Waals surface area contributed by atoms with Gasteiger partial charge in [-0.15, -0.1) is 0 Å². The van der Waals surface area contributed by atoms with Gasteiger partial charge in [0.15, 0.2) is 0 Å². The van der Waals surface area contributed by atoms with Crippen LogP contribution in [0.2, 0.25) is 5.15 Å². The molecule has 3 heteroatoms. The Labute approximate surface area is 102 Å². The minimum Gasteiger partial charge on any atom is -0.304 e. The molecule has 0 aromatic carbocycles. The first kappa shape index (κ1) is 11.6. The van der Waals surface area contributed by atoms with Crippen LogP contribution in [-0.2, 0) is 0 Å². The van der Waals surface area contributed by atoms with Crippen LogP contribution in [0.15, 0.2) is 30.5 Å². The molecule has 1 N–H and O–H groups in total. The molecule has 0 radical (unpaired) electrons. The third-order valence-electron chi connectivity index (χ3n) is 2.97. The second-order valence-corrected chi connectivity index (χ2v) is 4.65. The summed E-state index contributed by atoms with van der Waals surface area (Å²) in [5.74, 6) is 0. The van der Waals surface area contributed by atoms with Crippen molar-refractivity contribution < 1.29 is 0 Å². The molecule has 1 aliphatic carbocycles. The normalized spacial score (nSPS) is 22.0. The molecule has 2 nitrogen and oxygen atoms in total. The molecule has 0 amide bonds. The summed E-state index contributed by atoms with van der Waals surface area (Å²) in [7, 11) is 0. The zero-order chi connectivity index (χ0) is 11.4. The predicted molar refractivity (Wildman–Crippen MR) is 67.6 cm³/mol. The van der Waals surface area contributed by atoms with E-state index < -0.39 is 0 Å². The molecular formula is C13H17ClN2. The summed E-state index contributed by atoms with van der Waals surface area (Å²) in [6.07, 6.45) is 9.99. The smallest absolute Gasteiger partial charge is 0.129 e. The highest BCUT2D eigenvalue weighted by molar-refractivity contribution is 6.29. The van der Waals surface area contributed by atoms with Crippen molar-refractivity contribution in [3.63, 3.8) is 0 Å². The highest BCUT2D eigenvalue weighted by atomic mass is 35.5. The average molecular weight is 237 g/mol. The molecule has 1 heterocycles. The lowest BCUT2D eigenvalue weighted by Crippen LogP contribution is -2.30. The fourth-order valence-electron chi connectivity index (χ4n) is 2.06. The van der Waals surface area contributed by atoms with Crippen molar-refractivity contribution in [3.05, 3.63) is 41.2 Å². The number of nitrogens with one attached hydrogen (secondary N) is 1. The fraction of sp³-hybridized carbons (Fsp3) is 0.462. The Morgan fingerprint density at radius 1 is 1.56 bits per heavy atom. The number of allylic oxidation sites excluding steroid dienone is 1. The van der Waals surface area contributed by atoms with Gasteiger partial charge in [0.2, 0.25) is 0 Å². The molecule has 86 valence electrons. The summed E-state index contributed by atoms with van der Waals surface area (Å²) in [5.41, 5.74) is 1.19. The minimum atomic E-state index is 0.313.